The standard InChI is InChI=1S/C14H16N2O4S/c1-2-7-16(9-10-3-4-10)13-6-5-11(21(15,19)20)8-12(13)14(17)18/h1,5-6,8,10H,3-4,7,9H2,(H,17,18)(H2,15,19,20). The first-order valence-electron chi connectivity index (χ1n) is 6.41. The average Bonchev–Trinajstić information content (AvgIpc) is 3.20. The molecule has 0 atom stereocenters. The van der Waals surface area contributed by atoms with Crippen LogP contribution in [-0.2, 0) is 10.0 Å². The highest BCUT2D eigenvalue weighted by atomic mass is 32.2. The summed E-state index contributed by atoms with van der Waals surface area (Å²) in [5.74, 6) is 1.80. The minimum atomic E-state index is -3.95. The van der Waals surface area contributed by atoms with Gasteiger partial charge in [-0.25, -0.2) is 18.4 Å². The van der Waals surface area contributed by atoms with E-state index < -0.39 is 16.0 Å². The van der Waals surface area contributed by atoms with Crippen LogP contribution >= 0.6 is 0 Å². The zero-order valence-corrected chi connectivity index (χ0v) is 12.1. The van der Waals surface area contributed by atoms with Gasteiger partial charge >= 0.3 is 5.97 Å². The molecule has 7 heteroatoms. The fourth-order valence-electron chi connectivity index (χ4n) is 2.11. The van der Waals surface area contributed by atoms with Crippen LogP contribution in [0, 0.1) is 18.3 Å². The van der Waals surface area contributed by atoms with Gasteiger partial charge in [-0.1, -0.05) is 5.92 Å². The fraction of sp³-hybridized carbons (Fsp3) is 0.357. The molecule has 0 aromatic heterocycles. The number of hydrogen-bond donors (Lipinski definition) is 2. The number of primary sulfonamides is 1. The molecule has 1 aromatic carbocycles. The lowest BCUT2D eigenvalue weighted by Crippen LogP contribution is -2.28. The third-order valence-electron chi connectivity index (χ3n) is 3.33. The van der Waals surface area contributed by atoms with Crippen LogP contribution in [0.5, 0.6) is 0 Å². The first-order valence-corrected chi connectivity index (χ1v) is 7.96. The van der Waals surface area contributed by atoms with Crippen LogP contribution < -0.4 is 10.0 Å². The van der Waals surface area contributed by atoms with E-state index in [1.165, 1.54) is 12.1 Å². The largest absolute Gasteiger partial charge is 0.478 e. The summed E-state index contributed by atoms with van der Waals surface area (Å²) >= 11 is 0. The molecule has 0 heterocycles. The van der Waals surface area contributed by atoms with Crippen LogP contribution in [0.15, 0.2) is 23.1 Å². The van der Waals surface area contributed by atoms with Crippen LogP contribution in [0.3, 0.4) is 0 Å². The third-order valence-corrected chi connectivity index (χ3v) is 4.24. The van der Waals surface area contributed by atoms with Gasteiger partial charge < -0.3 is 10.0 Å². The van der Waals surface area contributed by atoms with E-state index in [2.05, 4.69) is 5.92 Å². The maximum atomic E-state index is 11.4. The number of anilines is 1. The maximum Gasteiger partial charge on any atom is 0.337 e. The predicted octanol–water partition coefficient (Wildman–Crippen LogP) is 0.882. The van der Waals surface area contributed by atoms with E-state index in [9.17, 15) is 18.3 Å². The summed E-state index contributed by atoms with van der Waals surface area (Å²) in [5.41, 5.74) is 0.303. The molecule has 0 bridgehead atoms. The Balaban J connectivity index is 2.45. The number of nitrogens with zero attached hydrogens (tertiary/aromatic N) is 1. The maximum absolute atomic E-state index is 11.4. The molecule has 6 nitrogen and oxygen atoms in total. The van der Waals surface area contributed by atoms with Gasteiger partial charge in [-0.05, 0) is 37.0 Å². The number of rotatable bonds is 6. The monoisotopic (exact) mass is 308 g/mol. The summed E-state index contributed by atoms with van der Waals surface area (Å²) in [7, 11) is -3.95. The Kier molecular flexibility index (Phi) is 4.21. The Bertz CT molecular complexity index is 702. The molecule has 1 aromatic rings. The molecule has 1 fully saturated rings. The van der Waals surface area contributed by atoms with Gasteiger partial charge in [0.2, 0.25) is 10.0 Å². The van der Waals surface area contributed by atoms with E-state index in [-0.39, 0.29) is 17.0 Å². The number of benzene rings is 1. The molecule has 0 spiro atoms. The van der Waals surface area contributed by atoms with Crippen molar-refractivity contribution >= 4 is 21.7 Å². The van der Waals surface area contributed by atoms with Gasteiger partial charge in [0.25, 0.3) is 0 Å². The third kappa shape index (κ3) is 3.74. The quantitative estimate of drug-likeness (QED) is 0.760. The Morgan fingerprint density at radius 3 is 2.62 bits per heavy atom. The van der Waals surface area contributed by atoms with Crippen molar-refractivity contribution in [3.63, 3.8) is 0 Å². The number of hydrogen-bond acceptors (Lipinski definition) is 4. The molecule has 112 valence electrons. The molecular formula is C14H16N2O4S. The van der Waals surface area contributed by atoms with Crippen molar-refractivity contribution in [2.75, 3.05) is 18.0 Å². The summed E-state index contributed by atoms with van der Waals surface area (Å²) in [6.07, 6.45) is 7.53. The lowest BCUT2D eigenvalue weighted by molar-refractivity contribution is 0.0697. The van der Waals surface area contributed by atoms with Gasteiger partial charge in [-0.2, -0.15) is 0 Å². The Labute approximate surface area is 123 Å². The Morgan fingerprint density at radius 2 is 2.14 bits per heavy atom. The van der Waals surface area contributed by atoms with Crippen molar-refractivity contribution in [2.45, 2.75) is 17.7 Å². The molecular weight excluding hydrogens is 292 g/mol. The number of sulfonamides is 1. The molecule has 0 saturated heterocycles. The highest BCUT2D eigenvalue weighted by Crippen LogP contribution is 2.33. The van der Waals surface area contributed by atoms with E-state index >= 15 is 0 Å². The van der Waals surface area contributed by atoms with Gasteiger partial charge in [0, 0.05) is 6.54 Å². The van der Waals surface area contributed by atoms with Crippen molar-refractivity contribution in [3.05, 3.63) is 23.8 Å². The van der Waals surface area contributed by atoms with Crippen LogP contribution in [0.2, 0.25) is 0 Å². The second-order valence-electron chi connectivity index (χ2n) is 5.06. The molecule has 1 saturated carbocycles. The second kappa shape index (κ2) is 5.76. The van der Waals surface area contributed by atoms with Crippen molar-refractivity contribution in [1.29, 1.82) is 0 Å². The van der Waals surface area contributed by atoms with Crippen molar-refractivity contribution in [3.8, 4) is 12.3 Å². The van der Waals surface area contributed by atoms with Crippen LogP contribution in [0.4, 0.5) is 5.69 Å². The summed E-state index contributed by atoms with van der Waals surface area (Å²) in [6, 6.07) is 3.82. The highest BCUT2D eigenvalue weighted by molar-refractivity contribution is 7.89. The van der Waals surface area contributed by atoms with Gasteiger partial charge in [0.15, 0.2) is 0 Å². The minimum absolute atomic E-state index is 0.113. The van der Waals surface area contributed by atoms with Gasteiger partial charge in [0.1, 0.15) is 0 Å². The molecule has 3 N–H and O–H groups in total. The number of aromatic carboxylic acids is 1. The lowest BCUT2D eigenvalue weighted by atomic mass is 10.1. The molecule has 0 aliphatic heterocycles. The zero-order valence-electron chi connectivity index (χ0n) is 11.3. The predicted molar refractivity (Wildman–Crippen MR) is 78.5 cm³/mol. The first-order chi connectivity index (χ1) is 9.82. The van der Waals surface area contributed by atoms with Gasteiger partial charge in [-0.15, -0.1) is 6.42 Å². The van der Waals surface area contributed by atoms with E-state index in [4.69, 9.17) is 11.6 Å². The number of nitrogens with two attached hydrogens (primary N) is 1. The van der Waals surface area contributed by atoms with E-state index in [1.54, 1.807) is 4.90 Å². The molecule has 1 aliphatic carbocycles. The van der Waals surface area contributed by atoms with E-state index in [0.29, 0.717) is 18.2 Å². The molecule has 0 radical (unpaired) electrons. The number of carboxylic acids is 1. The van der Waals surface area contributed by atoms with Gasteiger partial charge in [-0.3, -0.25) is 0 Å². The smallest absolute Gasteiger partial charge is 0.337 e. The highest BCUT2D eigenvalue weighted by Gasteiger charge is 2.26. The first kappa shape index (κ1) is 15.4. The average molecular weight is 308 g/mol. The summed E-state index contributed by atoms with van der Waals surface area (Å²) < 4.78 is 22.7. The lowest BCUT2D eigenvalue weighted by Gasteiger charge is -2.24. The van der Waals surface area contributed by atoms with Gasteiger partial charge in [0.05, 0.1) is 22.7 Å². The van der Waals surface area contributed by atoms with E-state index in [0.717, 1.165) is 18.9 Å². The number of carbonyl (C=O) groups is 1. The summed E-state index contributed by atoms with van der Waals surface area (Å²) in [5, 5.41) is 14.3. The normalized spacial score (nSPS) is 14.5. The molecule has 0 unspecified atom stereocenters. The molecule has 2 rings (SSSR count). The fourth-order valence-corrected chi connectivity index (χ4v) is 2.65. The molecule has 1 aliphatic rings. The Morgan fingerprint density at radius 1 is 1.48 bits per heavy atom. The number of terminal acetylenes is 1. The number of carboxylic acid groups (broad SMARTS) is 1. The Hall–Kier alpha value is -2.04. The van der Waals surface area contributed by atoms with E-state index in [1.807, 2.05) is 0 Å². The topological polar surface area (TPSA) is 101 Å². The van der Waals surface area contributed by atoms with Crippen molar-refractivity contribution in [2.24, 2.45) is 11.1 Å². The van der Waals surface area contributed by atoms with Crippen LogP contribution in [0.25, 0.3) is 0 Å². The molecule has 21 heavy (non-hydrogen) atoms. The zero-order chi connectivity index (χ0) is 15.6. The minimum Gasteiger partial charge on any atom is -0.478 e. The van der Waals surface area contributed by atoms with Crippen LogP contribution in [0.1, 0.15) is 23.2 Å². The SMILES string of the molecule is C#CCN(CC1CC1)c1ccc(S(N)(=O)=O)cc1C(=O)O. The second-order valence-corrected chi connectivity index (χ2v) is 6.62. The van der Waals surface area contributed by atoms with Crippen molar-refractivity contribution < 1.29 is 18.3 Å². The van der Waals surface area contributed by atoms with Crippen molar-refractivity contribution in [1.82, 2.24) is 0 Å². The molecule has 0 amide bonds. The summed E-state index contributed by atoms with van der Waals surface area (Å²) in [6.45, 7) is 0.935. The van der Waals surface area contributed by atoms with Crippen LogP contribution in [-0.4, -0.2) is 32.6 Å². The summed E-state index contributed by atoms with van der Waals surface area (Å²) in [4.78, 5) is 13.0.